The van der Waals surface area contributed by atoms with Crippen LogP contribution in [0.1, 0.15) is 5.56 Å². The van der Waals surface area contributed by atoms with Crippen LogP contribution in [-0.4, -0.2) is 16.0 Å². The van der Waals surface area contributed by atoms with Gasteiger partial charge in [0.25, 0.3) is 0 Å². The van der Waals surface area contributed by atoms with Crippen molar-refractivity contribution in [3.8, 4) is 5.75 Å². The second-order valence-corrected chi connectivity index (χ2v) is 4.73. The molecule has 3 rings (SSSR count). The SMILES string of the molecule is O=C(Cc1ccccc1O)Nc1cccc2cccnc12. The van der Waals surface area contributed by atoms with Crippen LogP contribution >= 0.6 is 0 Å². The summed E-state index contributed by atoms with van der Waals surface area (Å²) in [6, 6.07) is 16.3. The van der Waals surface area contributed by atoms with Crippen molar-refractivity contribution in [1.29, 1.82) is 0 Å². The van der Waals surface area contributed by atoms with Crippen molar-refractivity contribution in [2.45, 2.75) is 6.42 Å². The number of rotatable bonds is 3. The Morgan fingerprint density at radius 2 is 1.86 bits per heavy atom. The van der Waals surface area contributed by atoms with Crippen LogP contribution in [0.4, 0.5) is 5.69 Å². The van der Waals surface area contributed by atoms with Gasteiger partial charge in [-0.05, 0) is 18.2 Å². The predicted molar refractivity (Wildman–Crippen MR) is 82.2 cm³/mol. The van der Waals surface area contributed by atoms with E-state index in [1.807, 2.05) is 30.3 Å². The van der Waals surface area contributed by atoms with Gasteiger partial charge in [-0.25, -0.2) is 0 Å². The van der Waals surface area contributed by atoms with Crippen molar-refractivity contribution >= 4 is 22.5 Å². The van der Waals surface area contributed by atoms with Crippen molar-refractivity contribution in [2.75, 3.05) is 5.32 Å². The maximum Gasteiger partial charge on any atom is 0.228 e. The number of amides is 1. The fourth-order valence-electron chi connectivity index (χ4n) is 2.23. The third kappa shape index (κ3) is 2.84. The number of pyridine rings is 1. The van der Waals surface area contributed by atoms with Crippen LogP contribution in [0.3, 0.4) is 0 Å². The summed E-state index contributed by atoms with van der Waals surface area (Å²) in [5.74, 6) is -0.0571. The highest BCUT2D eigenvalue weighted by molar-refractivity contribution is 6.00. The Labute approximate surface area is 122 Å². The minimum atomic E-state index is -0.186. The third-order valence-corrected chi connectivity index (χ3v) is 3.25. The highest BCUT2D eigenvalue weighted by atomic mass is 16.3. The summed E-state index contributed by atoms with van der Waals surface area (Å²) >= 11 is 0. The highest BCUT2D eigenvalue weighted by Crippen LogP contribution is 2.22. The number of nitrogens with one attached hydrogen (secondary N) is 1. The molecule has 2 N–H and O–H groups in total. The number of aromatic hydroxyl groups is 1. The van der Waals surface area contributed by atoms with Crippen LogP contribution in [0.5, 0.6) is 5.75 Å². The van der Waals surface area contributed by atoms with Gasteiger partial charge in [0.15, 0.2) is 0 Å². The van der Waals surface area contributed by atoms with Crippen molar-refractivity contribution < 1.29 is 9.90 Å². The number of para-hydroxylation sites is 2. The zero-order chi connectivity index (χ0) is 14.7. The van der Waals surface area contributed by atoms with E-state index in [9.17, 15) is 9.90 Å². The predicted octanol–water partition coefficient (Wildman–Crippen LogP) is 3.12. The molecule has 1 amide bonds. The van der Waals surface area contributed by atoms with Crippen LogP contribution in [0.2, 0.25) is 0 Å². The quantitative estimate of drug-likeness (QED) is 0.773. The monoisotopic (exact) mass is 278 g/mol. The number of phenolic OH excluding ortho intramolecular Hbond substituents is 1. The normalized spacial score (nSPS) is 10.5. The Hall–Kier alpha value is -2.88. The fourth-order valence-corrected chi connectivity index (χ4v) is 2.23. The van der Waals surface area contributed by atoms with Gasteiger partial charge in [-0.3, -0.25) is 9.78 Å². The standard InChI is InChI=1S/C17H14N2O2/c20-15-9-2-1-5-13(15)11-16(21)19-14-8-3-6-12-7-4-10-18-17(12)14/h1-10,20H,11H2,(H,19,21). The van der Waals surface area contributed by atoms with Gasteiger partial charge >= 0.3 is 0 Å². The molecule has 0 fully saturated rings. The van der Waals surface area contributed by atoms with Crippen molar-refractivity contribution in [3.63, 3.8) is 0 Å². The van der Waals surface area contributed by atoms with E-state index < -0.39 is 0 Å². The average molecular weight is 278 g/mol. The molecule has 2 aromatic carbocycles. The Bertz CT molecular complexity index is 794. The molecule has 21 heavy (non-hydrogen) atoms. The highest BCUT2D eigenvalue weighted by Gasteiger charge is 2.09. The third-order valence-electron chi connectivity index (χ3n) is 3.25. The molecule has 3 aromatic rings. The van der Waals surface area contributed by atoms with Crippen LogP contribution < -0.4 is 5.32 Å². The van der Waals surface area contributed by atoms with Crippen LogP contribution in [-0.2, 0) is 11.2 Å². The Morgan fingerprint density at radius 1 is 1.05 bits per heavy atom. The lowest BCUT2D eigenvalue weighted by Crippen LogP contribution is -2.14. The first kappa shape index (κ1) is 13.1. The molecule has 1 heterocycles. The van der Waals surface area contributed by atoms with Crippen molar-refractivity contribution in [3.05, 3.63) is 66.4 Å². The van der Waals surface area contributed by atoms with Gasteiger partial charge in [0.1, 0.15) is 5.75 Å². The summed E-state index contributed by atoms with van der Waals surface area (Å²) in [5, 5.41) is 13.5. The molecule has 1 aromatic heterocycles. The number of phenols is 1. The molecule has 0 bridgehead atoms. The van der Waals surface area contributed by atoms with E-state index in [0.29, 0.717) is 11.3 Å². The number of anilines is 1. The largest absolute Gasteiger partial charge is 0.508 e. The van der Waals surface area contributed by atoms with E-state index in [1.165, 1.54) is 0 Å². The molecular formula is C17H14N2O2. The van der Waals surface area contributed by atoms with Gasteiger partial charge in [-0.1, -0.05) is 36.4 Å². The zero-order valence-corrected chi connectivity index (χ0v) is 11.3. The maximum atomic E-state index is 12.1. The number of hydrogen-bond donors (Lipinski definition) is 2. The van der Waals surface area contributed by atoms with Gasteiger partial charge in [0, 0.05) is 17.1 Å². The first-order chi connectivity index (χ1) is 10.2. The summed E-state index contributed by atoms with van der Waals surface area (Å²) in [5.41, 5.74) is 2.03. The lowest BCUT2D eigenvalue weighted by atomic mass is 10.1. The Balaban J connectivity index is 1.82. The van der Waals surface area contributed by atoms with E-state index in [4.69, 9.17) is 0 Å². The number of hydrogen-bond acceptors (Lipinski definition) is 3. The molecule has 0 aliphatic rings. The van der Waals surface area contributed by atoms with Crippen LogP contribution in [0, 0.1) is 0 Å². The number of aromatic nitrogens is 1. The molecule has 4 nitrogen and oxygen atoms in total. The molecule has 0 aliphatic heterocycles. The smallest absolute Gasteiger partial charge is 0.228 e. The molecular weight excluding hydrogens is 264 g/mol. The van der Waals surface area contributed by atoms with E-state index >= 15 is 0 Å². The van der Waals surface area contributed by atoms with E-state index in [2.05, 4.69) is 10.3 Å². The first-order valence-corrected chi connectivity index (χ1v) is 6.64. The Kier molecular flexibility index (Phi) is 3.51. The minimum Gasteiger partial charge on any atom is -0.508 e. The van der Waals surface area contributed by atoms with E-state index in [0.717, 1.165) is 10.9 Å². The summed E-state index contributed by atoms with van der Waals surface area (Å²) < 4.78 is 0. The summed E-state index contributed by atoms with van der Waals surface area (Å²) in [4.78, 5) is 16.4. The Morgan fingerprint density at radius 3 is 2.71 bits per heavy atom. The molecule has 0 atom stereocenters. The fraction of sp³-hybridized carbons (Fsp3) is 0.0588. The van der Waals surface area contributed by atoms with Gasteiger partial charge < -0.3 is 10.4 Å². The summed E-state index contributed by atoms with van der Waals surface area (Å²) in [6.07, 6.45) is 1.82. The van der Waals surface area contributed by atoms with Gasteiger partial charge in [-0.15, -0.1) is 0 Å². The number of carbonyl (C=O) groups excluding carboxylic acids is 1. The molecule has 0 unspecified atom stereocenters. The van der Waals surface area contributed by atoms with Crippen LogP contribution in [0.15, 0.2) is 60.8 Å². The molecule has 104 valence electrons. The molecule has 0 saturated carbocycles. The van der Waals surface area contributed by atoms with Crippen molar-refractivity contribution in [2.24, 2.45) is 0 Å². The zero-order valence-electron chi connectivity index (χ0n) is 11.3. The topological polar surface area (TPSA) is 62.2 Å². The van der Waals surface area contributed by atoms with Gasteiger partial charge in [-0.2, -0.15) is 0 Å². The van der Waals surface area contributed by atoms with E-state index in [1.54, 1.807) is 30.5 Å². The lowest BCUT2D eigenvalue weighted by Gasteiger charge is -2.08. The van der Waals surface area contributed by atoms with E-state index in [-0.39, 0.29) is 18.1 Å². The number of fused-ring (bicyclic) bond motifs is 1. The molecule has 0 aliphatic carbocycles. The molecule has 0 radical (unpaired) electrons. The molecule has 0 spiro atoms. The number of benzene rings is 2. The average Bonchev–Trinajstić information content (AvgIpc) is 2.50. The molecule has 0 saturated heterocycles. The van der Waals surface area contributed by atoms with Gasteiger partial charge in [0.2, 0.25) is 5.91 Å². The van der Waals surface area contributed by atoms with Crippen LogP contribution in [0.25, 0.3) is 10.9 Å². The molecule has 4 heteroatoms. The van der Waals surface area contributed by atoms with Crippen molar-refractivity contribution in [1.82, 2.24) is 4.98 Å². The second-order valence-electron chi connectivity index (χ2n) is 4.73. The number of nitrogens with zero attached hydrogens (tertiary/aromatic N) is 1. The summed E-state index contributed by atoms with van der Waals surface area (Å²) in [6.45, 7) is 0. The lowest BCUT2D eigenvalue weighted by molar-refractivity contribution is -0.115. The first-order valence-electron chi connectivity index (χ1n) is 6.64. The summed E-state index contributed by atoms with van der Waals surface area (Å²) in [7, 11) is 0. The minimum absolute atomic E-state index is 0.121. The second kappa shape index (κ2) is 5.63. The van der Waals surface area contributed by atoms with Gasteiger partial charge in [0.05, 0.1) is 17.6 Å². The maximum absolute atomic E-state index is 12.1. The number of carbonyl (C=O) groups is 1.